The Morgan fingerprint density at radius 1 is 1.03 bits per heavy atom. The Bertz CT molecular complexity index is 1130. The Kier molecular flexibility index (Phi) is 7.77. The van der Waals surface area contributed by atoms with Crippen molar-refractivity contribution in [3.05, 3.63) is 70.1 Å². The number of nitrogens with zero attached hydrogens (tertiary/aromatic N) is 3. The molecule has 0 spiro atoms. The van der Waals surface area contributed by atoms with Gasteiger partial charge in [0.25, 0.3) is 5.56 Å². The molecule has 3 rings (SSSR count). The van der Waals surface area contributed by atoms with Gasteiger partial charge < -0.3 is 9.47 Å². The maximum Gasteiger partial charge on any atom is 0.359 e. The number of aryl methyl sites for hydroxylation is 1. The van der Waals surface area contributed by atoms with Gasteiger partial charge in [-0.15, -0.1) is 0 Å². The molecule has 1 heterocycles. The van der Waals surface area contributed by atoms with E-state index in [0.29, 0.717) is 28.6 Å². The largest absolute Gasteiger partial charge is 0.490 e. The van der Waals surface area contributed by atoms with E-state index in [-0.39, 0.29) is 24.5 Å². The molecule has 7 nitrogen and oxygen atoms in total. The maximum absolute atomic E-state index is 12.7. The number of aromatic nitrogens is 2. The number of rotatable bonds is 10. The molecule has 0 N–H and O–H groups in total. The molecule has 0 radical (unpaired) electrons. The molecule has 0 amide bonds. The molecule has 3 aromatic rings. The van der Waals surface area contributed by atoms with Crippen molar-refractivity contribution in [2.75, 3.05) is 13.2 Å². The second-order valence-electron chi connectivity index (χ2n) is 7.10. The summed E-state index contributed by atoms with van der Waals surface area (Å²) >= 11 is 0. The highest BCUT2D eigenvalue weighted by Crippen LogP contribution is 2.15. The van der Waals surface area contributed by atoms with E-state index in [9.17, 15) is 9.59 Å². The topological polar surface area (TPSA) is 94.2 Å². The average molecular weight is 419 g/mol. The van der Waals surface area contributed by atoms with E-state index in [2.05, 4.69) is 12.0 Å². The van der Waals surface area contributed by atoms with Crippen LogP contribution in [0, 0.1) is 11.3 Å². The molecule has 0 aliphatic carbocycles. The summed E-state index contributed by atoms with van der Waals surface area (Å²) in [6.45, 7) is 2.78. The zero-order valence-electron chi connectivity index (χ0n) is 17.5. The summed E-state index contributed by atoms with van der Waals surface area (Å²) in [6.07, 6.45) is 4.02. The Morgan fingerprint density at radius 2 is 1.77 bits per heavy atom. The van der Waals surface area contributed by atoms with Crippen LogP contribution in [-0.4, -0.2) is 29.0 Å². The third-order valence-electron chi connectivity index (χ3n) is 4.85. The second-order valence-corrected chi connectivity index (χ2v) is 7.10. The molecule has 160 valence electrons. The van der Waals surface area contributed by atoms with Gasteiger partial charge >= 0.3 is 5.97 Å². The first-order chi connectivity index (χ1) is 15.1. The lowest BCUT2D eigenvalue weighted by molar-refractivity contribution is 0.0443. The number of carbonyl (C=O) groups is 1. The highest BCUT2D eigenvalue weighted by atomic mass is 16.6. The Morgan fingerprint density at radius 3 is 2.48 bits per heavy atom. The first kappa shape index (κ1) is 22.0. The lowest BCUT2D eigenvalue weighted by Crippen LogP contribution is -2.27. The predicted octanol–water partition coefficient (Wildman–Crippen LogP) is 4.08. The Balaban J connectivity index is 1.68. The lowest BCUT2D eigenvalue weighted by atomic mass is 10.1. The van der Waals surface area contributed by atoms with Crippen molar-refractivity contribution in [2.24, 2.45) is 0 Å². The first-order valence-corrected chi connectivity index (χ1v) is 10.4. The molecule has 2 aromatic carbocycles. The molecule has 0 aliphatic heterocycles. The molecule has 0 atom stereocenters. The molecule has 31 heavy (non-hydrogen) atoms. The van der Waals surface area contributed by atoms with Crippen molar-refractivity contribution in [1.29, 1.82) is 5.26 Å². The molecule has 0 bridgehead atoms. The highest BCUT2D eigenvalue weighted by Gasteiger charge is 2.18. The number of nitriles is 1. The van der Waals surface area contributed by atoms with Crippen molar-refractivity contribution >= 4 is 16.7 Å². The van der Waals surface area contributed by atoms with Gasteiger partial charge in [-0.3, -0.25) is 4.79 Å². The van der Waals surface area contributed by atoms with E-state index in [1.807, 2.05) is 6.07 Å². The van der Waals surface area contributed by atoms with Crippen LogP contribution in [0.1, 0.15) is 48.7 Å². The van der Waals surface area contributed by atoms with E-state index >= 15 is 0 Å². The Hall–Kier alpha value is -3.66. The van der Waals surface area contributed by atoms with Gasteiger partial charge in [0.15, 0.2) is 5.69 Å². The number of hydrogen-bond donors (Lipinski definition) is 0. The first-order valence-electron chi connectivity index (χ1n) is 10.4. The van der Waals surface area contributed by atoms with Crippen LogP contribution < -0.4 is 10.3 Å². The van der Waals surface area contributed by atoms with Crippen LogP contribution in [0.15, 0.2) is 53.3 Å². The van der Waals surface area contributed by atoms with Gasteiger partial charge in [0.05, 0.1) is 17.0 Å². The van der Waals surface area contributed by atoms with E-state index < -0.39 is 5.97 Å². The third-order valence-corrected chi connectivity index (χ3v) is 4.85. The lowest BCUT2D eigenvalue weighted by Gasteiger charge is -2.11. The number of benzene rings is 2. The van der Waals surface area contributed by atoms with Crippen LogP contribution >= 0.6 is 0 Å². The van der Waals surface area contributed by atoms with Gasteiger partial charge in [0, 0.05) is 11.9 Å². The summed E-state index contributed by atoms with van der Waals surface area (Å²) in [5.74, 6) is -0.0128. The van der Waals surface area contributed by atoms with Gasteiger partial charge in [-0.05, 0) is 36.8 Å². The third kappa shape index (κ3) is 5.70. The van der Waals surface area contributed by atoms with Crippen molar-refractivity contribution in [1.82, 2.24) is 9.78 Å². The number of carbonyl (C=O) groups excluding carboxylic acids is 1. The van der Waals surface area contributed by atoms with Crippen molar-refractivity contribution < 1.29 is 14.3 Å². The molecule has 7 heteroatoms. The normalized spacial score (nSPS) is 10.6. The van der Waals surface area contributed by atoms with Crippen molar-refractivity contribution in [2.45, 2.75) is 39.2 Å². The van der Waals surface area contributed by atoms with Gasteiger partial charge in [-0.2, -0.15) is 10.4 Å². The quantitative estimate of drug-likeness (QED) is 0.363. The van der Waals surface area contributed by atoms with Crippen LogP contribution in [0.2, 0.25) is 0 Å². The van der Waals surface area contributed by atoms with E-state index in [0.717, 1.165) is 25.7 Å². The fourth-order valence-electron chi connectivity index (χ4n) is 3.21. The minimum atomic E-state index is -0.595. The fraction of sp³-hybridized carbons (Fsp3) is 0.333. The van der Waals surface area contributed by atoms with Gasteiger partial charge in [-0.25, -0.2) is 9.48 Å². The zero-order valence-corrected chi connectivity index (χ0v) is 17.5. The number of hydrogen-bond acceptors (Lipinski definition) is 6. The number of fused-ring (bicyclic) bond motifs is 1. The zero-order chi connectivity index (χ0) is 22.1. The minimum absolute atomic E-state index is 0.0322. The SMILES string of the molecule is CCCCCCn1nc(C(=O)OCCOc2ccc(C#N)cc2)c2ccccc2c1=O. The second kappa shape index (κ2) is 10.9. The molecule has 1 aromatic heterocycles. The standard InChI is InChI=1S/C24H25N3O4/c1-2-3-4-7-14-27-23(28)21-9-6-5-8-20(21)22(26-27)24(29)31-16-15-30-19-12-10-18(17-25)11-13-19/h5-6,8-13H,2-4,7,14-16H2,1H3. The highest BCUT2D eigenvalue weighted by molar-refractivity contribution is 6.02. The minimum Gasteiger partial charge on any atom is -0.490 e. The van der Waals surface area contributed by atoms with Crippen molar-refractivity contribution in [3.63, 3.8) is 0 Å². The maximum atomic E-state index is 12.7. The van der Waals surface area contributed by atoms with Gasteiger partial charge in [-0.1, -0.05) is 44.4 Å². The Labute approximate surface area is 180 Å². The van der Waals surface area contributed by atoms with Crippen LogP contribution in [-0.2, 0) is 11.3 Å². The number of ether oxygens (including phenoxy) is 2. The monoisotopic (exact) mass is 419 g/mol. The summed E-state index contributed by atoms with van der Waals surface area (Å²) < 4.78 is 12.2. The van der Waals surface area contributed by atoms with E-state index in [4.69, 9.17) is 14.7 Å². The number of unbranched alkanes of at least 4 members (excludes halogenated alkanes) is 3. The predicted molar refractivity (Wildman–Crippen MR) is 117 cm³/mol. The average Bonchev–Trinajstić information content (AvgIpc) is 2.81. The molecular formula is C24H25N3O4. The summed E-state index contributed by atoms with van der Waals surface area (Å²) in [7, 11) is 0. The molecule has 0 saturated carbocycles. The van der Waals surface area contributed by atoms with Crippen LogP contribution in [0.3, 0.4) is 0 Å². The molecule has 0 fully saturated rings. The van der Waals surface area contributed by atoms with Crippen molar-refractivity contribution in [3.8, 4) is 11.8 Å². The smallest absolute Gasteiger partial charge is 0.359 e. The summed E-state index contributed by atoms with van der Waals surface area (Å²) in [5.41, 5.74) is 0.471. The van der Waals surface area contributed by atoms with E-state index in [1.165, 1.54) is 4.68 Å². The molecule has 0 unspecified atom stereocenters. The van der Waals surface area contributed by atoms with Gasteiger partial charge in [0.2, 0.25) is 0 Å². The summed E-state index contributed by atoms with van der Waals surface area (Å²) in [6, 6.07) is 15.7. The van der Waals surface area contributed by atoms with E-state index in [1.54, 1.807) is 48.5 Å². The fourth-order valence-corrected chi connectivity index (χ4v) is 3.21. The van der Waals surface area contributed by atoms with Gasteiger partial charge in [0.1, 0.15) is 19.0 Å². The van der Waals surface area contributed by atoms with Crippen LogP contribution in [0.25, 0.3) is 10.8 Å². The summed E-state index contributed by atoms with van der Waals surface area (Å²) in [4.78, 5) is 25.4. The van der Waals surface area contributed by atoms with Crippen LogP contribution in [0.4, 0.5) is 0 Å². The number of esters is 1. The molecular weight excluding hydrogens is 394 g/mol. The molecule has 0 saturated heterocycles. The summed E-state index contributed by atoms with van der Waals surface area (Å²) in [5, 5.41) is 14.1. The molecule has 0 aliphatic rings. The van der Waals surface area contributed by atoms with Crippen LogP contribution in [0.5, 0.6) is 5.75 Å².